The Balaban J connectivity index is 1.39. The molecule has 1 aliphatic carbocycles. The summed E-state index contributed by atoms with van der Waals surface area (Å²) in [5.74, 6) is 0.414. The number of carbonyl (C=O) groups excluding carboxylic acids is 1. The summed E-state index contributed by atoms with van der Waals surface area (Å²) in [5.41, 5.74) is 2.57. The fourth-order valence-corrected chi connectivity index (χ4v) is 3.06. The van der Waals surface area contributed by atoms with Crippen molar-refractivity contribution in [3.8, 4) is 0 Å². The van der Waals surface area contributed by atoms with Crippen molar-refractivity contribution in [1.82, 2.24) is 19.2 Å². The topological polar surface area (TPSA) is 64.2 Å². The van der Waals surface area contributed by atoms with Gasteiger partial charge in [0, 0.05) is 25.0 Å². The van der Waals surface area contributed by atoms with E-state index in [1.807, 2.05) is 41.2 Å². The lowest BCUT2D eigenvalue weighted by Gasteiger charge is -2.06. The first-order valence-electron chi connectivity index (χ1n) is 8.18. The zero-order valence-corrected chi connectivity index (χ0v) is 13.3. The third-order valence-corrected chi connectivity index (χ3v) is 4.21. The van der Waals surface area contributed by atoms with E-state index in [1.165, 1.54) is 0 Å². The van der Waals surface area contributed by atoms with Crippen molar-refractivity contribution in [2.24, 2.45) is 5.92 Å². The Morgan fingerprint density at radius 3 is 3.12 bits per heavy atom. The van der Waals surface area contributed by atoms with Crippen LogP contribution < -0.4 is 5.32 Å². The molecule has 0 bridgehead atoms. The molecule has 3 aromatic rings. The van der Waals surface area contributed by atoms with Gasteiger partial charge >= 0.3 is 0 Å². The second kappa shape index (κ2) is 6.31. The number of amides is 1. The normalized spacial score (nSPS) is 16.8. The minimum absolute atomic E-state index is 0.0406. The van der Waals surface area contributed by atoms with E-state index < -0.39 is 0 Å². The van der Waals surface area contributed by atoms with Crippen LogP contribution in [-0.4, -0.2) is 25.1 Å². The molecule has 0 fully saturated rings. The molecular formula is C18H19N5O. The second-order valence-electron chi connectivity index (χ2n) is 6.14. The first kappa shape index (κ1) is 14.7. The van der Waals surface area contributed by atoms with Gasteiger partial charge in [-0.15, -0.1) is 0 Å². The summed E-state index contributed by atoms with van der Waals surface area (Å²) in [6, 6.07) is 5.91. The Morgan fingerprint density at radius 1 is 1.33 bits per heavy atom. The quantitative estimate of drug-likeness (QED) is 0.735. The van der Waals surface area contributed by atoms with Gasteiger partial charge in [0.1, 0.15) is 5.65 Å². The number of nitrogens with zero attached hydrogens (tertiary/aromatic N) is 4. The van der Waals surface area contributed by atoms with Crippen molar-refractivity contribution in [3.05, 3.63) is 60.8 Å². The minimum Gasteiger partial charge on any atom is -0.323 e. The van der Waals surface area contributed by atoms with Crippen molar-refractivity contribution in [2.45, 2.75) is 25.8 Å². The number of hydrogen-bond acceptors (Lipinski definition) is 3. The maximum atomic E-state index is 12.1. The molecular weight excluding hydrogens is 302 g/mol. The van der Waals surface area contributed by atoms with Crippen molar-refractivity contribution in [2.75, 3.05) is 5.32 Å². The van der Waals surface area contributed by atoms with E-state index >= 15 is 0 Å². The lowest BCUT2D eigenvalue weighted by Crippen LogP contribution is -2.14. The molecule has 0 radical (unpaired) electrons. The molecule has 122 valence electrons. The number of carbonyl (C=O) groups is 1. The number of hydrogen-bond donors (Lipinski definition) is 1. The number of rotatable bonds is 5. The molecule has 3 aromatic heterocycles. The summed E-state index contributed by atoms with van der Waals surface area (Å²) in [6.07, 6.45) is 14.4. The van der Waals surface area contributed by atoms with E-state index in [0.29, 0.717) is 18.9 Å². The van der Waals surface area contributed by atoms with Crippen LogP contribution in [-0.2, 0) is 11.3 Å². The molecule has 4 rings (SSSR count). The van der Waals surface area contributed by atoms with E-state index in [-0.39, 0.29) is 5.91 Å². The Kier molecular flexibility index (Phi) is 3.86. The smallest absolute Gasteiger partial charge is 0.225 e. The maximum absolute atomic E-state index is 12.1. The summed E-state index contributed by atoms with van der Waals surface area (Å²) < 4.78 is 3.77. The monoisotopic (exact) mass is 321 g/mol. The number of imidazole rings is 1. The van der Waals surface area contributed by atoms with Gasteiger partial charge in [0.15, 0.2) is 0 Å². The number of nitrogens with one attached hydrogen (secondary N) is 1. The first-order valence-corrected chi connectivity index (χ1v) is 8.18. The number of aromatic nitrogens is 4. The number of allylic oxidation sites excluding steroid dienone is 2. The molecule has 6 nitrogen and oxygen atoms in total. The van der Waals surface area contributed by atoms with Gasteiger partial charge in [-0.3, -0.25) is 9.48 Å². The summed E-state index contributed by atoms with van der Waals surface area (Å²) in [5, 5.41) is 7.23. The molecule has 24 heavy (non-hydrogen) atoms. The van der Waals surface area contributed by atoms with Gasteiger partial charge in [-0.1, -0.05) is 18.2 Å². The zero-order chi connectivity index (χ0) is 16.4. The second-order valence-corrected chi connectivity index (χ2v) is 6.14. The Labute approximate surface area is 139 Å². The Bertz CT molecular complexity index is 859. The highest BCUT2D eigenvalue weighted by Gasteiger charge is 2.14. The van der Waals surface area contributed by atoms with E-state index in [0.717, 1.165) is 29.9 Å². The molecule has 0 aliphatic heterocycles. The SMILES string of the molecule is O=C(CC1C=CCC1)Nc1cnn(Cc2cn3ccccc3n2)c1. The molecule has 1 N–H and O–H groups in total. The molecule has 1 amide bonds. The lowest BCUT2D eigenvalue weighted by atomic mass is 10.1. The predicted octanol–water partition coefficient (Wildman–Crippen LogP) is 2.87. The third-order valence-electron chi connectivity index (χ3n) is 4.21. The Hall–Kier alpha value is -2.89. The highest BCUT2D eigenvalue weighted by atomic mass is 16.1. The average molecular weight is 321 g/mol. The predicted molar refractivity (Wildman–Crippen MR) is 91.6 cm³/mol. The third kappa shape index (κ3) is 3.22. The van der Waals surface area contributed by atoms with Crippen LogP contribution in [0.5, 0.6) is 0 Å². The lowest BCUT2D eigenvalue weighted by molar-refractivity contribution is -0.116. The van der Waals surface area contributed by atoms with Crippen LogP contribution >= 0.6 is 0 Å². The summed E-state index contributed by atoms with van der Waals surface area (Å²) in [6.45, 7) is 0.572. The molecule has 1 aliphatic rings. The number of fused-ring (bicyclic) bond motifs is 1. The van der Waals surface area contributed by atoms with Crippen molar-refractivity contribution in [1.29, 1.82) is 0 Å². The van der Waals surface area contributed by atoms with E-state index in [4.69, 9.17) is 0 Å². The van der Waals surface area contributed by atoms with Crippen LogP contribution in [0.15, 0.2) is 55.1 Å². The number of anilines is 1. The molecule has 0 saturated heterocycles. The minimum atomic E-state index is 0.0406. The van der Waals surface area contributed by atoms with Crippen molar-refractivity contribution >= 4 is 17.2 Å². The molecule has 1 unspecified atom stereocenters. The largest absolute Gasteiger partial charge is 0.323 e. The molecule has 6 heteroatoms. The van der Waals surface area contributed by atoms with Crippen LogP contribution in [0.2, 0.25) is 0 Å². The fourth-order valence-electron chi connectivity index (χ4n) is 3.06. The summed E-state index contributed by atoms with van der Waals surface area (Å²) in [4.78, 5) is 16.6. The van der Waals surface area contributed by atoms with Crippen molar-refractivity contribution in [3.63, 3.8) is 0 Å². The van der Waals surface area contributed by atoms with Gasteiger partial charge in [-0.05, 0) is 30.9 Å². The first-order chi connectivity index (χ1) is 11.8. The van der Waals surface area contributed by atoms with Gasteiger partial charge in [0.2, 0.25) is 5.91 Å². The molecule has 0 aromatic carbocycles. The molecule has 0 spiro atoms. The highest BCUT2D eigenvalue weighted by Crippen LogP contribution is 2.21. The van der Waals surface area contributed by atoms with E-state index in [9.17, 15) is 4.79 Å². The average Bonchev–Trinajstić information content (AvgIpc) is 3.28. The summed E-state index contributed by atoms with van der Waals surface area (Å²) >= 11 is 0. The summed E-state index contributed by atoms with van der Waals surface area (Å²) in [7, 11) is 0. The zero-order valence-electron chi connectivity index (χ0n) is 13.3. The van der Waals surface area contributed by atoms with Crippen LogP contribution in [0.25, 0.3) is 5.65 Å². The van der Waals surface area contributed by atoms with Gasteiger partial charge in [0.25, 0.3) is 0 Å². The van der Waals surface area contributed by atoms with Gasteiger partial charge in [-0.2, -0.15) is 5.10 Å². The van der Waals surface area contributed by atoms with Gasteiger partial charge in [-0.25, -0.2) is 4.98 Å². The van der Waals surface area contributed by atoms with E-state index in [2.05, 4.69) is 27.6 Å². The van der Waals surface area contributed by atoms with Crippen LogP contribution in [0.3, 0.4) is 0 Å². The maximum Gasteiger partial charge on any atom is 0.225 e. The van der Waals surface area contributed by atoms with Gasteiger partial charge < -0.3 is 9.72 Å². The fraction of sp³-hybridized carbons (Fsp3) is 0.278. The molecule has 0 saturated carbocycles. The Morgan fingerprint density at radius 2 is 2.29 bits per heavy atom. The van der Waals surface area contributed by atoms with E-state index in [1.54, 1.807) is 10.9 Å². The van der Waals surface area contributed by atoms with Crippen LogP contribution in [0.1, 0.15) is 25.0 Å². The van der Waals surface area contributed by atoms with Crippen LogP contribution in [0, 0.1) is 5.92 Å². The van der Waals surface area contributed by atoms with Gasteiger partial charge in [0.05, 0.1) is 24.1 Å². The standard InChI is InChI=1S/C18H19N5O/c24-18(9-14-5-1-2-6-14)21-15-10-19-23(12-15)13-16-11-22-8-4-3-7-17(22)20-16/h1,3-5,7-8,10-12,14H,2,6,9,13H2,(H,21,24). The highest BCUT2D eigenvalue weighted by molar-refractivity contribution is 5.90. The number of pyridine rings is 1. The molecule has 1 atom stereocenters. The molecule has 3 heterocycles. The van der Waals surface area contributed by atoms with Crippen LogP contribution in [0.4, 0.5) is 5.69 Å². The van der Waals surface area contributed by atoms with Crippen molar-refractivity contribution < 1.29 is 4.79 Å².